The Kier molecular flexibility index (Phi) is 8.81. The van der Waals surface area contributed by atoms with Gasteiger partial charge in [0.1, 0.15) is 0 Å². The SMILES string of the molecule is CN(CCO)CCCNCCO. The Bertz CT molecular complexity index is 91.1. The quantitative estimate of drug-likeness (QED) is 0.410. The van der Waals surface area contributed by atoms with Gasteiger partial charge < -0.3 is 20.4 Å². The van der Waals surface area contributed by atoms with Crippen LogP contribution in [0.2, 0.25) is 0 Å². The van der Waals surface area contributed by atoms with Crippen LogP contribution in [-0.4, -0.2) is 61.6 Å². The van der Waals surface area contributed by atoms with E-state index in [2.05, 4.69) is 10.2 Å². The molecule has 0 fully saturated rings. The van der Waals surface area contributed by atoms with Crippen LogP contribution in [0.25, 0.3) is 0 Å². The van der Waals surface area contributed by atoms with Crippen LogP contribution in [0.15, 0.2) is 0 Å². The second-order valence-corrected chi connectivity index (χ2v) is 2.85. The van der Waals surface area contributed by atoms with E-state index in [4.69, 9.17) is 10.2 Å². The summed E-state index contributed by atoms with van der Waals surface area (Å²) in [5.41, 5.74) is 0. The number of nitrogens with one attached hydrogen (secondary N) is 1. The standard InChI is InChI=1S/C8H20N2O2/c1-10(6-8-12)5-2-3-9-4-7-11/h9,11-12H,2-8H2,1H3. The first-order valence-corrected chi connectivity index (χ1v) is 4.42. The van der Waals surface area contributed by atoms with Crippen molar-refractivity contribution < 1.29 is 10.2 Å². The summed E-state index contributed by atoms with van der Waals surface area (Å²) in [7, 11) is 1.99. The Morgan fingerprint density at radius 3 is 2.42 bits per heavy atom. The van der Waals surface area contributed by atoms with E-state index in [1.165, 1.54) is 0 Å². The van der Waals surface area contributed by atoms with Gasteiger partial charge in [-0.3, -0.25) is 0 Å². The van der Waals surface area contributed by atoms with Crippen molar-refractivity contribution in [1.82, 2.24) is 10.2 Å². The molecule has 0 amide bonds. The van der Waals surface area contributed by atoms with E-state index in [0.29, 0.717) is 6.54 Å². The largest absolute Gasteiger partial charge is 0.395 e. The van der Waals surface area contributed by atoms with Crippen molar-refractivity contribution >= 4 is 0 Å². The van der Waals surface area contributed by atoms with Gasteiger partial charge in [0, 0.05) is 13.1 Å². The molecule has 0 aliphatic heterocycles. The Labute approximate surface area is 74.2 Å². The fourth-order valence-corrected chi connectivity index (χ4v) is 0.961. The molecular formula is C8H20N2O2. The summed E-state index contributed by atoms with van der Waals surface area (Å²) in [5, 5.41) is 20.1. The van der Waals surface area contributed by atoms with Gasteiger partial charge in [0.05, 0.1) is 13.2 Å². The number of likely N-dealkylation sites (N-methyl/N-ethyl adjacent to an activating group) is 1. The third-order valence-electron chi connectivity index (χ3n) is 1.66. The Hall–Kier alpha value is -0.160. The Morgan fingerprint density at radius 2 is 1.83 bits per heavy atom. The summed E-state index contributed by atoms with van der Waals surface area (Å²) in [6.45, 7) is 3.74. The van der Waals surface area contributed by atoms with Crippen LogP contribution in [0, 0.1) is 0 Å². The van der Waals surface area contributed by atoms with E-state index >= 15 is 0 Å². The van der Waals surface area contributed by atoms with Gasteiger partial charge in [0.15, 0.2) is 0 Å². The van der Waals surface area contributed by atoms with E-state index < -0.39 is 0 Å². The lowest BCUT2D eigenvalue weighted by Crippen LogP contribution is -2.27. The molecule has 0 unspecified atom stereocenters. The number of aliphatic hydroxyl groups is 2. The van der Waals surface area contributed by atoms with Gasteiger partial charge in [-0.15, -0.1) is 0 Å². The third-order valence-corrected chi connectivity index (χ3v) is 1.66. The maximum atomic E-state index is 8.59. The lowest BCUT2D eigenvalue weighted by Gasteiger charge is -2.14. The van der Waals surface area contributed by atoms with Crippen molar-refractivity contribution in [2.45, 2.75) is 6.42 Å². The zero-order valence-corrected chi connectivity index (χ0v) is 7.79. The summed E-state index contributed by atoms with van der Waals surface area (Å²) in [6, 6.07) is 0. The number of hydrogen-bond acceptors (Lipinski definition) is 4. The zero-order chi connectivity index (χ0) is 9.23. The summed E-state index contributed by atoms with van der Waals surface area (Å²) >= 11 is 0. The van der Waals surface area contributed by atoms with Gasteiger partial charge in [-0.05, 0) is 26.6 Å². The predicted molar refractivity (Wildman–Crippen MR) is 49.2 cm³/mol. The lowest BCUT2D eigenvalue weighted by atomic mass is 10.4. The molecule has 0 atom stereocenters. The van der Waals surface area contributed by atoms with Gasteiger partial charge >= 0.3 is 0 Å². The molecule has 0 rings (SSSR count). The molecule has 0 saturated carbocycles. The maximum absolute atomic E-state index is 8.59. The first kappa shape index (κ1) is 11.8. The predicted octanol–water partition coefficient (Wildman–Crippen LogP) is -1.12. The minimum atomic E-state index is 0.201. The minimum absolute atomic E-state index is 0.201. The van der Waals surface area contributed by atoms with Crippen LogP contribution in [0.1, 0.15) is 6.42 Å². The Morgan fingerprint density at radius 1 is 1.08 bits per heavy atom. The van der Waals surface area contributed by atoms with Crippen LogP contribution in [-0.2, 0) is 0 Å². The summed E-state index contributed by atoms with van der Waals surface area (Å²) < 4.78 is 0. The van der Waals surface area contributed by atoms with Crippen LogP contribution < -0.4 is 5.32 Å². The molecule has 0 aromatic rings. The normalized spacial score (nSPS) is 11.0. The van der Waals surface area contributed by atoms with Crippen molar-refractivity contribution in [3.05, 3.63) is 0 Å². The smallest absolute Gasteiger partial charge is 0.0558 e. The fraction of sp³-hybridized carbons (Fsp3) is 1.00. The first-order valence-electron chi connectivity index (χ1n) is 4.42. The molecule has 0 heterocycles. The van der Waals surface area contributed by atoms with Crippen molar-refractivity contribution in [3.63, 3.8) is 0 Å². The highest BCUT2D eigenvalue weighted by Crippen LogP contribution is 1.84. The van der Waals surface area contributed by atoms with Gasteiger partial charge in [0.25, 0.3) is 0 Å². The number of hydrogen-bond donors (Lipinski definition) is 3. The van der Waals surface area contributed by atoms with Crippen LogP contribution >= 0.6 is 0 Å². The molecule has 4 heteroatoms. The highest BCUT2D eigenvalue weighted by Gasteiger charge is 1.95. The topological polar surface area (TPSA) is 55.7 Å². The first-order chi connectivity index (χ1) is 5.81. The Balaban J connectivity index is 2.97. The molecular weight excluding hydrogens is 156 g/mol. The summed E-state index contributed by atoms with van der Waals surface area (Å²) in [6.07, 6.45) is 1.05. The molecule has 0 aromatic carbocycles. The highest BCUT2D eigenvalue weighted by atomic mass is 16.3. The molecule has 0 aliphatic carbocycles. The maximum Gasteiger partial charge on any atom is 0.0558 e. The van der Waals surface area contributed by atoms with Crippen molar-refractivity contribution in [2.75, 3.05) is 46.4 Å². The van der Waals surface area contributed by atoms with E-state index in [1.54, 1.807) is 0 Å². The highest BCUT2D eigenvalue weighted by molar-refractivity contribution is 4.52. The van der Waals surface area contributed by atoms with E-state index in [1.807, 2.05) is 7.05 Å². The van der Waals surface area contributed by atoms with Crippen molar-refractivity contribution in [2.24, 2.45) is 0 Å². The van der Waals surface area contributed by atoms with Crippen molar-refractivity contribution in [3.8, 4) is 0 Å². The number of aliphatic hydroxyl groups excluding tert-OH is 2. The molecule has 0 aromatic heterocycles. The second-order valence-electron chi connectivity index (χ2n) is 2.85. The van der Waals surface area contributed by atoms with E-state index in [0.717, 1.165) is 26.1 Å². The van der Waals surface area contributed by atoms with E-state index in [-0.39, 0.29) is 13.2 Å². The lowest BCUT2D eigenvalue weighted by molar-refractivity contribution is 0.219. The fourth-order valence-electron chi connectivity index (χ4n) is 0.961. The van der Waals surface area contributed by atoms with Crippen LogP contribution in [0.4, 0.5) is 0 Å². The molecule has 12 heavy (non-hydrogen) atoms. The minimum Gasteiger partial charge on any atom is -0.395 e. The molecule has 0 spiro atoms. The van der Waals surface area contributed by atoms with Gasteiger partial charge in [-0.1, -0.05) is 0 Å². The van der Waals surface area contributed by atoms with Crippen LogP contribution in [0.5, 0.6) is 0 Å². The van der Waals surface area contributed by atoms with Gasteiger partial charge in [0.2, 0.25) is 0 Å². The molecule has 0 aliphatic rings. The molecule has 4 nitrogen and oxygen atoms in total. The van der Waals surface area contributed by atoms with Gasteiger partial charge in [-0.25, -0.2) is 0 Å². The van der Waals surface area contributed by atoms with Crippen LogP contribution in [0.3, 0.4) is 0 Å². The monoisotopic (exact) mass is 176 g/mol. The molecule has 0 saturated heterocycles. The molecule has 0 radical (unpaired) electrons. The molecule has 74 valence electrons. The third kappa shape index (κ3) is 7.94. The number of rotatable bonds is 8. The summed E-state index contributed by atoms with van der Waals surface area (Å²) in [5.74, 6) is 0. The average Bonchev–Trinajstić information content (AvgIpc) is 2.05. The van der Waals surface area contributed by atoms with Crippen molar-refractivity contribution in [1.29, 1.82) is 0 Å². The number of nitrogens with zero attached hydrogens (tertiary/aromatic N) is 1. The van der Waals surface area contributed by atoms with E-state index in [9.17, 15) is 0 Å². The molecule has 3 N–H and O–H groups in total. The van der Waals surface area contributed by atoms with Gasteiger partial charge in [-0.2, -0.15) is 0 Å². The molecule has 0 bridgehead atoms. The average molecular weight is 176 g/mol. The summed E-state index contributed by atoms with van der Waals surface area (Å²) in [4.78, 5) is 2.08. The zero-order valence-electron chi connectivity index (χ0n) is 7.79. The second kappa shape index (κ2) is 8.93.